The maximum Gasteiger partial charge on any atom is 0.272 e. The number of ether oxygens (including phenoxy) is 1. The monoisotopic (exact) mass is 439 g/mol. The molecule has 0 saturated heterocycles. The number of nitrogens with two attached hydrogens (primary N) is 1. The summed E-state index contributed by atoms with van der Waals surface area (Å²) in [5.74, 6) is 0.228. The fraction of sp³-hybridized carbons (Fsp3) is 0.261. The van der Waals surface area contributed by atoms with Crippen LogP contribution in [0.15, 0.2) is 47.4 Å². The molecule has 0 aliphatic heterocycles. The van der Waals surface area contributed by atoms with Crippen molar-refractivity contribution in [3.05, 3.63) is 86.7 Å². The van der Waals surface area contributed by atoms with Crippen molar-refractivity contribution in [3.63, 3.8) is 0 Å². The van der Waals surface area contributed by atoms with E-state index in [9.17, 15) is 14.0 Å². The second-order valence-electron chi connectivity index (χ2n) is 7.38. The lowest BCUT2D eigenvalue weighted by Crippen LogP contribution is -2.34. The van der Waals surface area contributed by atoms with Crippen molar-refractivity contribution in [3.8, 4) is 5.75 Å². The van der Waals surface area contributed by atoms with E-state index in [1.165, 1.54) is 23.9 Å². The highest BCUT2D eigenvalue weighted by Gasteiger charge is 2.13. The van der Waals surface area contributed by atoms with Gasteiger partial charge in [0.05, 0.1) is 20.1 Å². The molecule has 0 radical (unpaired) electrons. The number of halogens is 1. The number of anilines is 1. The number of carbonyl (C=O) groups is 1. The van der Waals surface area contributed by atoms with E-state index in [0.717, 1.165) is 11.3 Å². The van der Waals surface area contributed by atoms with Crippen LogP contribution in [0.1, 0.15) is 27.9 Å². The summed E-state index contributed by atoms with van der Waals surface area (Å²) in [5, 5.41) is 2.81. The first-order valence-electron chi connectivity index (χ1n) is 10.0. The highest BCUT2D eigenvalue weighted by atomic mass is 19.1. The number of aryl methyl sites for hydroxylation is 2. The van der Waals surface area contributed by atoms with Crippen LogP contribution in [0.2, 0.25) is 0 Å². The van der Waals surface area contributed by atoms with Crippen molar-refractivity contribution in [1.29, 1.82) is 0 Å². The molecule has 32 heavy (non-hydrogen) atoms. The molecule has 3 rings (SSSR count). The van der Waals surface area contributed by atoms with E-state index >= 15 is 0 Å². The summed E-state index contributed by atoms with van der Waals surface area (Å²) in [6.07, 6.45) is 1.47. The van der Waals surface area contributed by atoms with Gasteiger partial charge >= 0.3 is 0 Å². The van der Waals surface area contributed by atoms with Crippen LogP contribution in [0.4, 0.5) is 10.2 Å². The molecule has 0 fully saturated rings. The Labute approximate surface area is 185 Å². The highest BCUT2D eigenvalue weighted by molar-refractivity contribution is 5.78. The molecule has 0 saturated carbocycles. The quantitative estimate of drug-likeness (QED) is 0.496. The Bertz CT molecular complexity index is 1190. The molecule has 8 nitrogen and oxygen atoms in total. The maximum atomic E-state index is 14.1. The Hall–Kier alpha value is -3.88. The van der Waals surface area contributed by atoms with Crippen LogP contribution in [-0.2, 0) is 24.3 Å². The van der Waals surface area contributed by atoms with Gasteiger partial charge in [0.15, 0.2) is 0 Å². The van der Waals surface area contributed by atoms with Gasteiger partial charge in [0, 0.05) is 29.6 Å². The Morgan fingerprint density at radius 2 is 1.94 bits per heavy atom. The first-order chi connectivity index (χ1) is 15.3. The summed E-state index contributed by atoms with van der Waals surface area (Å²) in [5.41, 5.74) is 11.2. The van der Waals surface area contributed by atoms with Gasteiger partial charge in [-0.1, -0.05) is 6.07 Å². The van der Waals surface area contributed by atoms with Gasteiger partial charge in [-0.25, -0.2) is 14.1 Å². The van der Waals surface area contributed by atoms with Crippen molar-refractivity contribution in [2.75, 3.05) is 18.3 Å². The molecular formula is C23H26FN5O3. The van der Waals surface area contributed by atoms with Gasteiger partial charge in [-0.2, -0.15) is 0 Å². The summed E-state index contributed by atoms with van der Waals surface area (Å²) in [6, 6.07) is 9.60. The number of aromatic nitrogens is 2. The molecule has 0 aliphatic carbocycles. The van der Waals surface area contributed by atoms with Crippen LogP contribution in [0.3, 0.4) is 0 Å². The average Bonchev–Trinajstić information content (AvgIpc) is 2.76. The molecule has 0 atom stereocenters. The van der Waals surface area contributed by atoms with Crippen molar-refractivity contribution < 1.29 is 13.9 Å². The summed E-state index contributed by atoms with van der Waals surface area (Å²) in [7, 11) is 1.50. The number of methoxy groups -OCH3 is 1. The lowest BCUT2D eigenvalue weighted by Gasteiger charge is -2.14. The number of rotatable bonds is 8. The number of hydrogen-bond acceptors (Lipinski definition) is 6. The third-order valence-electron chi connectivity index (χ3n) is 5.15. The second kappa shape index (κ2) is 9.95. The number of nitrogens with zero attached hydrogens (tertiary/aromatic N) is 2. The number of benzene rings is 1. The number of nitrogen functional groups attached to an aromatic ring is 1. The van der Waals surface area contributed by atoms with Crippen LogP contribution in [-0.4, -0.2) is 22.7 Å². The van der Waals surface area contributed by atoms with Gasteiger partial charge in [-0.15, -0.1) is 0 Å². The zero-order valence-corrected chi connectivity index (χ0v) is 18.2. The molecule has 168 valence electrons. The number of carbonyl (C=O) groups excluding carboxylic acids is 1. The van der Waals surface area contributed by atoms with E-state index in [1.807, 2.05) is 6.92 Å². The smallest absolute Gasteiger partial charge is 0.272 e. The number of nitrogens with one attached hydrogen (secondary N) is 2. The van der Waals surface area contributed by atoms with E-state index in [-0.39, 0.29) is 31.0 Å². The van der Waals surface area contributed by atoms with E-state index in [1.54, 1.807) is 37.4 Å². The number of amides is 1. The number of pyridine rings is 2. The zero-order chi connectivity index (χ0) is 23.3. The Morgan fingerprint density at radius 1 is 1.16 bits per heavy atom. The largest absolute Gasteiger partial charge is 0.497 e. The first-order valence-corrected chi connectivity index (χ1v) is 10.0. The van der Waals surface area contributed by atoms with E-state index in [4.69, 9.17) is 10.5 Å². The van der Waals surface area contributed by atoms with Crippen molar-refractivity contribution >= 4 is 11.7 Å². The molecule has 2 aromatic heterocycles. The highest BCUT2D eigenvalue weighted by Crippen LogP contribution is 2.16. The van der Waals surface area contributed by atoms with Gasteiger partial charge in [0.25, 0.3) is 5.56 Å². The third-order valence-corrected chi connectivity index (χ3v) is 5.15. The molecule has 2 heterocycles. The average molecular weight is 439 g/mol. The standard InChI is InChI=1S/C23H26FN5O3/c1-14-8-9-29(27-13-17-10-18(32-3)5-6-20(17)24)23(31)19(14)11-22(30)26-12-16-4-7-21(25)28-15(16)2/h4-10,27H,11-13H2,1-3H3,(H2,25,28)(H,26,30). The molecule has 3 aromatic rings. The molecule has 4 N–H and O–H groups in total. The fourth-order valence-electron chi connectivity index (χ4n) is 3.21. The molecule has 0 aliphatic rings. The summed E-state index contributed by atoms with van der Waals surface area (Å²) in [6.45, 7) is 3.94. The predicted molar refractivity (Wildman–Crippen MR) is 120 cm³/mol. The Balaban J connectivity index is 1.69. The molecule has 0 bridgehead atoms. The van der Waals surface area contributed by atoms with Crippen LogP contribution in [0, 0.1) is 19.7 Å². The van der Waals surface area contributed by atoms with Gasteiger partial charge < -0.3 is 21.2 Å². The topological polar surface area (TPSA) is 111 Å². The van der Waals surface area contributed by atoms with Gasteiger partial charge in [0.1, 0.15) is 17.4 Å². The fourth-order valence-corrected chi connectivity index (χ4v) is 3.21. The molecule has 1 amide bonds. The summed E-state index contributed by atoms with van der Waals surface area (Å²) >= 11 is 0. The lowest BCUT2D eigenvalue weighted by atomic mass is 10.1. The Kier molecular flexibility index (Phi) is 7.09. The van der Waals surface area contributed by atoms with E-state index < -0.39 is 5.82 Å². The van der Waals surface area contributed by atoms with Gasteiger partial charge in [-0.3, -0.25) is 9.59 Å². The van der Waals surface area contributed by atoms with Crippen LogP contribution < -0.4 is 26.8 Å². The minimum atomic E-state index is -0.412. The maximum absolute atomic E-state index is 14.1. The molecule has 1 aromatic carbocycles. The van der Waals surface area contributed by atoms with Gasteiger partial charge in [-0.05, 0) is 55.3 Å². The number of hydrogen-bond donors (Lipinski definition) is 3. The minimum Gasteiger partial charge on any atom is -0.497 e. The molecule has 9 heteroatoms. The molecular weight excluding hydrogens is 413 g/mol. The van der Waals surface area contributed by atoms with Crippen LogP contribution >= 0.6 is 0 Å². The SMILES string of the molecule is COc1ccc(F)c(CNn2ccc(C)c(CC(=O)NCc3ccc(N)nc3C)c2=O)c1. The zero-order valence-electron chi connectivity index (χ0n) is 18.2. The molecule has 0 unspecified atom stereocenters. The Morgan fingerprint density at radius 3 is 2.66 bits per heavy atom. The van der Waals surface area contributed by atoms with E-state index in [0.29, 0.717) is 28.3 Å². The van der Waals surface area contributed by atoms with Crippen LogP contribution in [0.5, 0.6) is 5.75 Å². The molecule has 0 spiro atoms. The minimum absolute atomic E-state index is 0.0705. The van der Waals surface area contributed by atoms with Crippen molar-refractivity contribution in [1.82, 2.24) is 15.0 Å². The summed E-state index contributed by atoms with van der Waals surface area (Å²) < 4.78 is 20.4. The first kappa shape index (κ1) is 22.8. The lowest BCUT2D eigenvalue weighted by molar-refractivity contribution is -0.120. The van der Waals surface area contributed by atoms with Gasteiger partial charge in [0.2, 0.25) is 5.91 Å². The normalized spacial score (nSPS) is 10.6. The predicted octanol–water partition coefficient (Wildman–Crippen LogP) is 2.19. The third kappa shape index (κ3) is 5.42. The second-order valence-corrected chi connectivity index (χ2v) is 7.38. The summed E-state index contributed by atoms with van der Waals surface area (Å²) in [4.78, 5) is 29.6. The van der Waals surface area contributed by atoms with E-state index in [2.05, 4.69) is 15.7 Å². The van der Waals surface area contributed by atoms with Crippen molar-refractivity contribution in [2.45, 2.75) is 33.4 Å². The van der Waals surface area contributed by atoms with Crippen LogP contribution in [0.25, 0.3) is 0 Å². The van der Waals surface area contributed by atoms with Crippen molar-refractivity contribution in [2.24, 2.45) is 0 Å².